The Morgan fingerprint density at radius 2 is 0.980 bits per heavy atom. The van der Waals surface area contributed by atoms with Gasteiger partial charge in [0.1, 0.15) is 52.0 Å². The number of benzene rings is 5. The molecule has 0 saturated carbocycles. The Balaban J connectivity index is 1.45. The van der Waals surface area contributed by atoms with Crippen LogP contribution in [0.1, 0.15) is 37.3 Å². The molecule has 5 aromatic carbocycles. The molecular formula is C36H22F12O. The van der Waals surface area contributed by atoms with Gasteiger partial charge in [-0.2, -0.15) is 8.78 Å². The molecule has 0 aliphatic heterocycles. The first-order chi connectivity index (χ1) is 23.1. The fraction of sp³-hybridized carbons (Fsp3) is 0.167. The van der Waals surface area contributed by atoms with Gasteiger partial charge in [-0.15, -0.1) is 0 Å². The molecule has 0 bridgehead atoms. The number of ether oxygens (including phenoxy) is 1. The number of hydrogen-bond donors (Lipinski definition) is 0. The molecule has 0 fully saturated rings. The van der Waals surface area contributed by atoms with E-state index >= 15 is 17.6 Å². The van der Waals surface area contributed by atoms with Crippen LogP contribution in [0.2, 0.25) is 0 Å². The molecular weight excluding hydrogens is 676 g/mol. The van der Waals surface area contributed by atoms with Gasteiger partial charge in [-0.1, -0.05) is 31.9 Å². The average Bonchev–Trinajstić information content (AvgIpc) is 2.98. The summed E-state index contributed by atoms with van der Waals surface area (Å²) in [6.07, 6.45) is -1.64. The lowest BCUT2D eigenvalue weighted by molar-refractivity contribution is -0.189. The summed E-state index contributed by atoms with van der Waals surface area (Å²) >= 11 is 0. The van der Waals surface area contributed by atoms with Crippen molar-refractivity contribution >= 4 is 0 Å². The first kappa shape index (κ1) is 35.4. The predicted molar refractivity (Wildman–Crippen MR) is 157 cm³/mol. The van der Waals surface area contributed by atoms with Gasteiger partial charge in [0.25, 0.3) is 0 Å². The quantitative estimate of drug-likeness (QED) is 0.0802. The summed E-state index contributed by atoms with van der Waals surface area (Å²) in [7, 11) is 0. The molecule has 0 radical (unpaired) electrons. The van der Waals surface area contributed by atoms with Crippen molar-refractivity contribution < 1.29 is 57.4 Å². The zero-order chi connectivity index (χ0) is 35.8. The van der Waals surface area contributed by atoms with Crippen LogP contribution in [0.15, 0.2) is 66.7 Å². The number of halogens is 12. The highest BCUT2D eigenvalue weighted by Crippen LogP contribution is 2.40. The fourth-order valence-corrected chi connectivity index (χ4v) is 5.31. The van der Waals surface area contributed by atoms with E-state index in [1.165, 1.54) is 12.1 Å². The van der Waals surface area contributed by atoms with Crippen LogP contribution in [0.5, 0.6) is 5.75 Å². The van der Waals surface area contributed by atoms with Crippen molar-refractivity contribution in [1.29, 1.82) is 0 Å². The minimum Gasteiger partial charge on any atom is -0.429 e. The Morgan fingerprint density at radius 3 is 1.45 bits per heavy atom. The summed E-state index contributed by atoms with van der Waals surface area (Å²) in [6, 6.07) is 6.79. The maximum absolute atomic E-state index is 15.2. The van der Waals surface area contributed by atoms with Gasteiger partial charge in [0, 0.05) is 17.7 Å². The van der Waals surface area contributed by atoms with Gasteiger partial charge in [-0.05, 0) is 77.6 Å². The van der Waals surface area contributed by atoms with Gasteiger partial charge in [-0.25, -0.2) is 43.9 Å². The first-order valence-corrected chi connectivity index (χ1v) is 14.6. The lowest BCUT2D eigenvalue weighted by Crippen LogP contribution is -2.25. The molecule has 5 aromatic rings. The molecule has 0 N–H and O–H groups in total. The van der Waals surface area contributed by atoms with Crippen molar-refractivity contribution in [1.82, 2.24) is 0 Å². The van der Waals surface area contributed by atoms with Crippen LogP contribution in [-0.2, 0) is 12.5 Å². The van der Waals surface area contributed by atoms with Crippen molar-refractivity contribution in [3.63, 3.8) is 0 Å². The summed E-state index contributed by atoms with van der Waals surface area (Å²) in [5.74, 6) is -18.1. The standard InChI is InChI=1S/C36H22F12O/c1-2-3-4-5-17-6-7-22(23(37)8-17)18-9-24(38)32(25(39)10-18)19-11-26(40)33(27(41)12-19)20-13-28(42)34(29(43)14-20)36(47,48)49-21-15-30(44)35(46)31(45)16-21/h6-16H,2-5H2,1H3. The normalized spacial score (nSPS) is 11.7. The minimum absolute atomic E-state index is 0.00712. The van der Waals surface area contributed by atoms with Crippen molar-refractivity contribution in [3.05, 3.63) is 136 Å². The zero-order valence-corrected chi connectivity index (χ0v) is 25.1. The van der Waals surface area contributed by atoms with Crippen molar-refractivity contribution in [2.75, 3.05) is 0 Å². The largest absolute Gasteiger partial charge is 0.432 e. The Morgan fingerprint density at radius 1 is 0.510 bits per heavy atom. The molecule has 13 heteroatoms. The summed E-state index contributed by atoms with van der Waals surface area (Å²) in [5.41, 5.74) is -5.49. The maximum Gasteiger partial charge on any atom is 0.432 e. The molecule has 0 unspecified atom stereocenters. The molecule has 0 atom stereocenters. The van der Waals surface area contributed by atoms with E-state index in [1.54, 1.807) is 6.07 Å². The summed E-state index contributed by atoms with van der Waals surface area (Å²) in [6.45, 7) is 2.01. The van der Waals surface area contributed by atoms with Gasteiger partial charge < -0.3 is 4.74 Å². The maximum atomic E-state index is 15.2. The van der Waals surface area contributed by atoms with Crippen LogP contribution in [-0.4, -0.2) is 0 Å². The lowest BCUT2D eigenvalue weighted by atomic mass is 9.94. The van der Waals surface area contributed by atoms with Gasteiger partial charge in [0.05, 0.1) is 11.1 Å². The Bertz CT molecular complexity index is 1960. The Hall–Kier alpha value is -4.94. The topological polar surface area (TPSA) is 9.23 Å². The highest BCUT2D eigenvalue weighted by Gasteiger charge is 2.42. The van der Waals surface area contributed by atoms with Crippen molar-refractivity contribution in [2.45, 2.75) is 38.7 Å². The molecule has 0 aliphatic carbocycles. The van der Waals surface area contributed by atoms with Crippen LogP contribution in [0.3, 0.4) is 0 Å². The van der Waals surface area contributed by atoms with Crippen LogP contribution >= 0.6 is 0 Å². The van der Waals surface area contributed by atoms with E-state index in [1.807, 2.05) is 6.92 Å². The summed E-state index contributed by atoms with van der Waals surface area (Å²) in [4.78, 5) is 0. The predicted octanol–water partition coefficient (Wildman–Crippen LogP) is 11.9. The van der Waals surface area contributed by atoms with Crippen LogP contribution < -0.4 is 4.74 Å². The molecule has 49 heavy (non-hydrogen) atoms. The van der Waals surface area contributed by atoms with E-state index < -0.39 is 97.8 Å². The Labute approximate surface area is 271 Å². The summed E-state index contributed by atoms with van der Waals surface area (Å²) < 4.78 is 179. The van der Waals surface area contributed by atoms with Crippen molar-refractivity contribution in [3.8, 4) is 39.1 Å². The number of aryl methyl sites for hydroxylation is 1. The Kier molecular flexibility index (Phi) is 10.0. The monoisotopic (exact) mass is 698 g/mol. The number of alkyl halides is 2. The van der Waals surface area contributed by atoms with E-state index in [-0.39, 0.29) is 35.4 Å². The highest BCUT2D eigenvalue weighted by molar-refractivity contribution is 5.75. The number of rotatable bonds is 10. The van der Waals surface area contributed by atoms with E-state index in [0.29, 0.717) is 24.1 Å². The zero-order valence-electron chi connectivity index (χ0n) is 25.1. The van der Waals surface area contributed by atoms with E-state index in [2.05, 4.69) is 4.74 Å². The third-order valence-corrected chi connectivity index (χ3v) is 7.61. The first-order valence-electron chi connectivity index (χ1n) is 14.6. The van der Waals surface area contributed by atoms with Crippen LogP contribution in [0.4, 0.5) is 52.7 Å². The molecule has 1 nitrogen and oxygen atoms in total. The van der Waals surface area contributed by atoms with Gasteiger partial charge in [0.15, 0.2) is 17.5 Å². The van der Waals surface area contributed by atoms with E-state index in [0.717, 1.165) is 31.4 Å². The smallest absolute Gasteiger partial charge is 0.429 e. The minimum atomic E-state index is -4.97. The third kappa shape index (κ3) is 7.25. The highest BCUT2D eigenvalue weighted by atomic mass is 19.3. The molecule has 5 rings (SSSR count). The lowest BCUT2D eigenvalue weighted by Gasteiger charge is -2.20. The molecule has 0 aliphatic rings. The molecule has 0 spiro atoms. The SMILES string of the molecule is CCCCCc1ccc(-c2cc(F)c(-c3cc(F)c(-c4cc(F)c(C(F)(F)Oc5cc(F)c(F)c(F)c5)c(F)c4)c(F)c3)c(F)c2)c(F)c1. The number of hydrogen-bond acceptors (Lipinski definition) is 1. The molecule has 0 saturated heterocycles. The van der Waals surface area contributed by atoms with Crippen molar-refractivity contribution in [2.24, 2.45) is 0 Å². The van der Waals surface area contributed by atoms with Crippen LogP contribution in [0.25, 0.3) is 33.4 Å². The van der Waals surface area contributed by atoms with E-state index in [9.17, 15) is 35.1 Å². The van der Waals surface area contributed by atoms with Crippen LogP contribution in [0, 0.1) is 58.2 Å². The second kappa shape index (κ2) is 13.9. The molecule has 0 amide bonds. The van der Waals surface area contributed by atoms with Gasteiger partial charge in [-0.3, -0.25) is 0 Å². The van der Waals surface area contributed by atoms with Gasteiger partial charge in [0.2, 0.25) is 0 Å². The van der Waals surface area contributed by atoms with E-state index in [4.69, 9.17) is 0 Å². The average molecular weight is 699 g/mol. The molecule has 0 heterocycles. The molecule has 256 valence electrons. The summed E-state index contributed by atoms with van der Waals surface area (Å²) in [5, 5.41) is 0. The third-order valence-electron chi connectivity index (χ3n) is 7.61. The molecule has 0 aromatic heterocycles. The second-order valence-corrected chi connectivity index (χ2v) is 11.0. The van der Waals surface area contributed by atoms with Gasteiger partial charge >= 0.3 is 6.11 Å². The fourth-order valence-electron chi connectivity index (χ4n) is 5.31. The second-order valence-electron chi connectivity index (χ2n) is 11.0. The number of unbranched alkanes of at least 4 members (excludes halogenated alkanes) is 2.